The molecule has 1 aromatic carbocycles. The van der Waals surface area contributed by atoms with Gasteiger partial charge in [0.2, 0.25) is 0 Å². The molecule has 0 atom stereocenters. The first-order valence-corrected chi connectivity index (χ1v) is 7.45. The molecule has 0 bridgehead atoms. The maximum atomic E-state index is 13.2. The van der Waals surface area contributed by atoms with Crippen molar-refractivity contribution in [3.8, 4) is 0 Å². The molecule has 0 aliphatic rings. The molecule has 0 amide bonds. The van der Waals surface area contributed by atoms with Crippen molar-refractivity contribution >= 4 is 31.5 Å². The zero-order chi connectivity index (χ0) is 12.2. The monoisotopic (exact) mass is 309 g/mol. The molecule has 0 saturated heterocycles. The minimum atomic E-state index is -3.01. The van der Waals surface area contributed by atoms with Crippen molar-refractivity contribution in [1.29, 1.82) is 0 Å². The third-order valence-corrected chi connectivity index (χ3v) is 4.30. The van der Waals surface area contributed by atoms with Crippen LogP contribution in [0.15, 0.2) is 22.7 Å². The molecule has 1 N–H and O–H groups in total. The van der Waals surface area contributed by atoms with Gasteiger partial charge in [0.05, 0.1) is 11.4 Å². The summed E-state index contributed by atoms with van der Waals surface area (Å²) in [5.74, 6) is -0.275. The fraction of sp³-hybridized carbons (Fsp3) is 0.400. The van der Waals surface area contributed by atoms with Gasteiger partial charge in [-0.05, 0) is 18.2 Å². The lowest BCUT2D eigenvalue weighted by atomic mass is 10.3. The largest absolute Gasteiger partial charge is 0.382 e. The second-order valence-electron chi connectivity index (χ2n) is 3.29. The Hall–Kier alpha value is -0.620. The summed E-state index contributed by atoms with van der Waals surface area (Å²) < 4.78 is 36.4. The number of hydrogen-bond acceptors (Lipinski definition) is 3. The van der Waals surface area contributed by atoms with Gasteiger partial charge in [-0.15, -0.1) is 0 Å². The Bertz CT molecular complexity index is 462. The molecule has 16 heavy (non-hydrogen) atoms. The second kappa shape index (κ2) is 5.63. The zero-order valence-corrected chi connectivity index (χ0v) is 11.2. The number of sulfone groups is 1. The molecule has 0 heterocycles. The molecule has 0 fully saturated rings. The van der Waals surface area contributed by atoms with Crippen LogP contribution in [0.1, 0.15) is 6.92 Å². The highest BCUT2D eigenvalue weighted by Gasteiger charge is 2.07. The highest BCUT2D eigenvalue weighted by molar-refractivity contribution is 9.10. The van der Waals surface area contributed by atoms with Crippen molar-refractivity contribution < 1.29 is 12.8 Å². The molecule has 0 aromatic heterocycles. The number of benzene rings is 1. The summed E-state index contributed by atoms with van der Waals surface area (Å²) in [5.41, 5.74) is 0.306. The molecule has 3 nitrogen and oxygen atoms in total. The van der Waals surface area contributed by atoms with Crippen LogP contribution < -0.4 is 5.32 Å². The van der Waals surface area contributed by atoms with Gasteiger partial charge in [0.25, 0.3) is 0 Å². The predicted molar refractivity (Wildman–Crippen MR) is 66.9 cm³/mol. The Morgan fingerprint density at radius 3 is 2.75 bits per heavy atom. The van der Waals surface area contributed by atoms with Gasteiger partial charge >= 0.3 is 0 Å². The Morgan fingerprint density at radius 2 is 2.12 bits per heavy atom. The molecule has 1 aromatic rings. The lowest BCUT2D eigenvalue weighted by molar-refractivity contribution is 0.597. The van der Waals surface area contributed by atoms with Gasteiger partial charge in [-0.25, -0.2) is 12.8 Å². The summed E-state index contributed by atoms with van der Waals surface area (Å²) in [6.45, 7) is 1.80. The summed E-state index contributed by atoms with van der Waals surface area (Å²) >= 11 is 3.22. The van der Waals surface area contributed by atoms with Gasteiger partial charge in [-0.2, -0.15) is 0 Å². The lowest BCUT2D eigenvalue weighted by Gasteiger charge is -2.07. The van der Waals surface area contributed by atoms with Gasteiger partial charge < -0.3 is 5.32 Å². The quantitative estimate of drug-likeness (QED) is 0.908. The first-order chi connectivity index (χ1) is 7.44. The minimum Gasteiger partial charge on any atom is -0.382 e. The zero-order valence-electron chi connectivity index (χ0n) is 8.83. The van der Waals surface area contributed by atoms with E-state index < -0.39 is 15.7 Å². The Morgan fingerprint density at radius 1 is 1.44 bits per heavy atom. The number of rotatable bonds is 5. The van der Waals surface area contributed by atoms with Crippen LogP contribution in [-0.4, -0.2) is 26.5 Å². The van der Waals surface area contributed by atoms with Crippen LogP contribution in [-0.2, 0) is 9.84 Å². The highest BCUT2D eigenvalue weighted by Crippen LogP contribution is 2.19. The maximum absolute atomic E-state index is 13.2. The average Bonchev–Trinajstić information content (AvgIpc) is 2.23. The van der Waals surface area contributed by atoms with Crippen LogP contribution in [0, 0.1) is 5.82 Å². The lowest BCUT2D eigenvalue weighted by Crippen LogP contribution is -2.17. The summed E-state index contributed by atoms with van der Waals surface area (Å²) in [7, 11) is -3.01. The van der Waals surface area contributed by atoms with Crippen LogP contribution in [0.2, 0.25) is 0 Å². The van der Waals surface area contributed by atoms with E-state index in [1.165, 1.54) is 6.07 Å². The molecule has 90 valence electrons. The molecular formula is C10H13BrFNO2S. The van der Waals surface area contributed by atoms with Crippen molar-refractivity contribution in [3.63, 3.8) is 0 Å². The number of nitrogens with one attached hydrogen (secondary N) is 1. The molecule has 0 spiro atoms. The first kappa shape index (κ1) is 13.4. The Kier molecular flexibility index (Phi) is 4.73. The predicted octanol–water partition coefficient (Wildman–Crippen LogP) is 2.43. The van der Waals surface area contributed by atoms with Crippen LogP contribution in [0.4, 0.5) is 10.1 Å². The molecule has 0 aliphatic heterocycles. The first-order valence-electron chi connectivity index (χ1n) is 4.84. The fourth-order valence-electron chi connectivity index (χ4n) is 1.12. The van der Waals surface area contributed by atoms with Gasteiger partial charge in [0.1, 0.15) is 5.82 Å². The number of hydrogen-bond donors (Lipinski definition) is 1. The second-order valence-corrected chi connectivity index (χ2v) is 6.68. The van der Waals surface area contributed by atoms with Crippen LogP contribution in [0.25, 0.3) is 0 Å². The van der Waals surface area contributed by atoms with Crippen molar-refractivity contribution in [2.45, 2.75) is 6.92 Å². The average molecular weight is 310 g/mol. The summed E-state index contributed by atoms with van der Waals surface area (Å²) in [4.78, 5) is 0. The van der Waals surface area contributed by atoms with E-state index in [1.807, 2.05) is 0 Å². The van der Waals surface area contributed by atoms with E-state index in [-0.39, 0.29) is 18.1 Å². The molecule has 0 saturated carbocycles. The van der Waals surface area contributed by atoms with Gasteiger partial charge in [0, 0.05) is 16.8 Å². The SMILES string of the molecule is CCS(=O)(=O)CCNc1cc(Br)ccc1F. The topological polar surface area (TPSA) is 46.2 Å². The third kappa shape index (κ3) is 4.09. The van der Waals surface area contributed by atoms with E-state index in [9.17, 15) is 12.8 Å². The van der Waals surface area contributed by atoms with Gasteiger partial charge in [0.15, 0.2) is 9.84 Å². The number of anilines is 1. The standard InChI is InChI=1S/C10H13BrFNO2S/c1-2-16(14,15)6-5-13-10-7-8(11)3-4-9(10)12/h3-4,7,13H,2,5-6H2,1H3. The van der Waals surface area contributed by atoms with E-state index in [0.29, 0.717) is 5.69 Å². The number of halogens is 2. The molecule has 0 radical (unpaired) electrons. The molecule has 6 heteroatoms. The van der Waals surface area contributed by atoms with Crippen molar-refractivity contribution in [3.05, 3.63) is 28.5 Å². The summed E-state index contributed by atoms with van der Waals surface area (Å²) in [6, 6.07) is 4.48. The van der Waals surface area contributed by atoms with Crippen LogP contribution in [0.3, 0.4) is 0 Å². The van der Waals surface area contributed by atoms with Gasteiger partial charge in [-0.1, -0.05) is 22.9 Å². The maximum Gasteiger partial charge on any atom is 0.151 e. The molecular weight excluding hydrogens is 297 g/mol. The molecule has 0 unspecified atom stereocenters. The van der Waals surface area contributed by atoms with E-state index in [4.69, 9.17) is 0 Å². The van der Waals surface area contributed by atoms with E-state index in [0.717, 1.165) is 4.47 Å². The Balaban J connectivity index is 2.59. The normalized spacial score (nSPS) is 11.4. The minimum absolute atomic E-state index is 0.00938. The van der Waals surface area contributed by atoms with Gasteiger partial charge in [-0.3, -0.25) is 0 Å². The molecule has 0 aliphatic carbocycles. The van der Waals surface area contributed by atoms with E-state index >= 15 is 0 Å². The molecule has 1 rings (SSSR count). The Labute approximate surface area is 103 Å². The van der Waals surface area contributed by atoms with E-state index in [1.54, 1.807) is 19.1 Å². The fourth-order valence-corrected chi connectivity index (χ4v) is 2.18. The third-order valence-electron chi connectivity index (χ3n) is 2.10. The van der Waals surface area contributed by atoms with Crippen molar-refractivity contribution in [2.24, 2.45) is 0 Å². The summed E-state index contributed by atoms with van der Waals surface area (Å²) in [6.07, 6.45) is 0. The van der Waals surface area contributed by atoms with Crippen molar-refractivity contribution in [1.82, 2.24) is 0 Å². The highest BCUT2D eigenvalue weighted by atomic mass is 79.9. The van der Waals surface area contributed by atoms with Crippen LogP contribution in [0.5, 0.6) is 0 Å². The van der Waals surface area contributed by atoms with E-state index in [2.05, 4.69) is 21.2 Å². The summed E-state index contributed by atoms with van der Waals surface area (Å²) in [5, 5.41) is 2.76. The van der Waals surface area contributed by atoms with Crippen LogP contribution >= 0.6 is 15.9 Å². The smallest absolute Gasteiger partial charge is 0.151 e. The van der Waals surface area contributed by atoms with Crippen molar-refractivity contribution in [2.75, 3.05) is 23.4 Å².